The van der Waals surface area contributed by atoms with E-state index in [1.807, 2.05) is 17.0 Å². The summed E-state index contributed by atoms with van der Waals surface area (Å²) in [5.41, 5.74) is 3.24. The molecule has 1 fully saturated rings. The number of amides is 1. The predicted molar refractivity (Wildman–Crippen MR) is 117 cm³/mol. The predicted octanol–water partition coefficient (Wildman–Crippen LogP) is 4.26. The molecule has 1 amide bonds. The number of aromatic nitrogens is 5. The van der Waals surface area contributed by atoms with Crippen molar-refractivity contribution in [3.63, 3.8) is 0 Å². The summed E-state index contributed by atoms with van der Waals surface area (Å²) in [6.07, 6.45) is 5.33. The second-order valence-electron chi connectivity index (χ2n) is 8.22. The van der Waals surface area contributed by atoms with Crippen molar-refractivity contribution >= 4 is 28.4 Å². The number of halogens is 3. The maximum atomic E-state index is 13.0. The lowest BCUT2D eigenvalue weighted by Gasteiger charge is -2.26. The van der Waals surface area contributed by atoms with Gasteiger partial charge in [0.15, 0.2) is 0 Å². The summed E-state index contributed by atoms with van der Waals surface area (Å²) in [6, 6.07) is 1.96. The fourth-order valence-electron chi connectivity index (χ4n) is 4.07. The van der Waals surface area contributed by atoms with E-state index < -0.39 is 12.2 Å². The van der Waals surface area contributed by atoms with Crippen LogP contribution in [-0.2, 0) is 0 Å². The Balaban J connectivity index is 1.47. The quantitative estimate of drug-likeness (QED) is 0.478. The Bertz CT molecular complexity index is 1320. The van der Waals surface area contributed by atoms with E-state index in [9.17, 15) is 18.0 Å². The van der Waals surface area contributed by atoms with E-state index in [-0.39, 0.29) is 11.9 Å². The Morgan fingerprint density at radius 2 is 2.00 bits per heavy atom. The molecule has 0 spiro atoms. The third kappa shape index (κ3) is 3.98. The lowest BCUT2D eigenvalue weighted by atomic mass is 10.1. The number of nitrogens with zero attached hydrogens (tertiary/aromatic N) is 5. The van der Waals surface area contributed by atoms with E-state index in [2.05, 4.69) is 25.4 Å². The largest absolute Gasteiger partial charge is 0.408 e. The summed E-state index contributed by atoms with van der Waals surface area (Å²) < 4.78 is 40.1. The number of hydrogen-bond acceptors (Lipinski definition) is 5. The van der Waals surface area contributed by atoms with Gasteiger partial charge >= 0.3 is 6.18 Å². The maximum absolute atomic E-state index is 13.0. The molecule has 11 heteroatoms. The lowest BCUT2D eigenvalue weighted by Crippen LogP contribution is -2.35. The smallest absolute Gasteiger partial charge is 0.345 e. The monoisotopic (exact) mass is 457 g/mol. The van der Waals surface area contributed by atoms with Crippen LogP contribution in [0.3, 0.4) is 0 Å². The van der Waals surface area contributed by atoms with Gasteiger partial charge in [-0.15, -0.1) is 0 Å². The van der Waals surface area contributed by atoms with Crippen molar-refractivity contribution in [3.8, 4) is 11.1 Å². The number of nitrogens with one attached hydrogen (secondary N) is 2. The number of fused-ring (bicyclic) bond motifs is 2. The highest BCUT2D eigenvalue weighted by Gasteiger charge is 2.36. The molecule has 0 saturated carbocycles. The Kier molecular flexibility index (Phi) is 5.18. The molecule has 1 saturated heterocycles. The van der Waals surface area contributed by atoms with Crippen LogP contribution >= 0.6 is 0 Å². The SMILES string of the molecule is C[C@H](Nc1ncc2c(-c3ccn4ncc(C(=O)N5CCCCC5)c4c3)c[nH]c2n1)C(F)(F)F. The summed E-state index contributed by atoms with van der Waals surface area (Å²) in [4.78, 5) is 26.1. The van der Waals surface area contributed by atoms with Crippen molar-refractivity contribution in [1.29, 1.82) is 0 Å². The number of piperidine rings is 1. The zero-order valence-electron chi connectivity index (χ0n) is 17.9. The minimum Gasteiger partial charge on any atom is -0.345 e. The number of pyridine rings is 1. The van der Waals surface area contributed by atoms with Crippen LogP contribution < -0.4 is 5.32 Å². The number of alkyl halides is 3. The van der Waals surface area contributed by atoms with Crippen LogP contribution in [0.2, 0.25) is 0 Å². The molecule has 4 aromatic rings. The highest BCUT2D eigenvalue weighted by Crippen LogP contribution is 2.30. The zero-order valence-corrected chi connectivity index (χ0v) is 17.9. The molecule has 1 aliphatic heterocycles. The number of aromatic amines is 1. The van der Waals surface area contributed by atoms with Crippen LogP contribution in [0.25, 0.3) is 27.7 Å². The van der Waals surface area contributed by atoms with Crippen LogP contribution in [-0.4, -0.2) is 60.7 Å². The Morgan fingerprint density at radius 3 is 2.76 bits per heavy atom. The molecule has 0 bridgehead atoms. The van der Waals surface area contributed by atoms with Gasteiger partial charge in [0.2, 0.25) is 5.95 Å². The van der Waals surface area contributed by atoms with Crippen molar-refractivity contribution in [3.05, 3.63) is 42.5 Å². The van der Waals surface area contributed by atoms with Crippen LogP contribution in [0.5, 0.6) is 0 Å². The molecule has 0 radical (unpaired) electrons. The fourth-order valence-corrected chi connectivity index (χ4v) is 4.07. The topological polar surface area (TPSA) is 91.2 Å². The molecule has 0 unspecified atom stereocenters. The van der Waals surface area contributed by atoms with E-state index in [1.165, 1.54) is 6.20 Å². The highest BCUT2D eigenvalue weighted by molar-refractivity contribution is 6.02. The van der Waals surface area contributed by atoms with Gasteiger partial charge in [0.05, 0.1) is 17.3 Å². The van der Waals surface area contributed by atoms with Crippen molar-refractivity contribution in [2.75, 3.05) is 18.4 Å². The zero-order chi connectivity index (χ0) is 23.2. The first-order valence-electron chi connectivity index (χ1n) is 10.8. The van der Waals surface area contributed by atoms with Crippen LogP contribution in [0.1, 0.15) is 36.5 Å². The second kappa shape index (κ2) is 8.05. The number of H-pyrrole nitrogens is 1. The van der Waals surface area contributed by atoms with Crippen molar-refractivity contribution in [2.24, 2.45) is 0 Å². The van der Waals surface area contributed by atoms with Crippen molar-refractivity contribution < 1.29 is 18.0 Å². The molecule has 1 aliphatic rings. The molecule has 1 atom stereocenters. The van der Waals surface area contributed by atoms with Crippen molar-refractivity contribution in [2.45, 2.75) is 38.4 Å². The number of anilines is 1. The molecule has 8 nitrogen and oxygen atoms in total. The summed E-state index contributed by atoms with van der Waals surface area (Å²) >= 11 is 0. The van der Waals surface area contributed by atoms with Crippen molar-refractivity contribution in [1.82, 2.24) is 29.5 Å². The maximum Gasteiger partial charge on any atom is 0.408 e. The van der Waals surface area contributed by atoms with Gasteiger partial charge in [-0.1, -0.05) is 0 Å². The average molecular weight is 457 g/mol. The van der Waals surface area contributed by atoms with Gasteiger partial charge in [-0.05, 0) is 43.9 Å². The number of hydrogen-bond donors (Lipinski definition) is 2. The van der Waals surface area contributed by atoms with Gasteiger partial charge in [-0.3, -0.25) is 4.79 Å². The summed E-state index contributed by atoms with van der Waals surface area (Å²) in [7, 11) is 0. The van der Waals surface area contributed by atoms with Gasteiger partial charge in [0.25, 0.3) is 5.91 Å². The Hall–Kier alpha value is -3.63. The van der Waals surface area contributed by atoms with Crippen LogP contribution in [0.15, 0.2) is 36.9 Å². The third-order valence-corrected chi connectivity index (χ3v) is 5.97. The molecule has 2 N–H and O–H groups in total. The molecule has 5 heterocycles. The van der Waals surface area contributed by atoms with Crippen LogP contribution in [0.4, 0.5) is 19.1 Å². The Morgan fingerprint density at radius 1 is 1.21 bits per heavy atom. The molecule has 0 aliphatic carbocycles. The number of likely N-dealkylation sites (tertiary alicyclic amines) is 1. The number of carbonyl (C=O) groups excluding carboxylic acids is 1. The lowest BCUT2D eigenvalue weighted by molar-refractivity contribution is -0.138. The molecule has 33 heavy (non-hydrogen) atoms. The third-order valence-electron chi connectivity index (χ3n) is 5.97. The number of carbonyl (C=O) groups is 1. The van der Waals surface area contributed by atoms with E-state index in [0.717, 1.165) is 50.4 Å². The van der Waals surface area contributed by atoms with E-state index in [0.29, 0.717) is 22.1 Å². The van der Waals surface area contributed by atoms with Gasteiger partial charge in [-0.2, -0.15) is 23.3 Å². The summed E-state index contributed by atoms with van der Waals surface area (Å²) in [5, 5.41) is 7.25. The summed E-state index contributed by atoms with van der Waals surface area (Å²) in [6.45, 7) is 2.51. The molecule has 0 aromatic carbocycles. The van der Waals surface area contributed by atoms with E-state index >= 15 is 0 Å². The van der Waals surface area contributed by atoms with E-state index in [1.54, 1.807) is 23.1 Å². The molecular weight excluding hydrogens is 435 g/mol. The molecular formula is C22H22F3N7O. The van der Waals surface area contributed by atoms with Gasteiger partial charge in [-0.25, -0.2) is 9.50 Å². The first-order chi connectivity index (χ1) is 15.8. The van der Waals surface area contributed by atoms with Gasteiger partial charge in [0, 0.05) is 42.6 Å². The first-order valence-corrected chi connectivity index (χ1v) is 10.8. The number of rotatable bonds is 4. The highest BCUT2D eigenvalue weighted by atomic mass is 19.4. The second-order valence-corrected chi connectivity index (χ2v) is 8.22. The molecule has 4 aromatic heterocycles. The van der Waals surface area contributed by atoms with Crippen LogP contribution in [0, 0.1) is 0 Å². The Labute approximate surface area is 186 Å². The standard InChI is InChI=1S/C22H22F3N7O/c1-13(22(23,24)25)29-21-27-11-16-15(10-26-19(16)30-21)14-5-8-32-18(9-14)17(12-28-32)20(33)31-6-3-2-4-7-31/h5,8-13H,2-4,6-7H2,1H3,(H2,26,27,29,30)/t13-/m0/s1. The average Bonchev–Trinajstić information content (AvgIpc) is 3.42. The minimum absolute atomic E-state index is 0.0291. The van der Waals surface area contributed by atoms with Gasteiger partial charge in [0.1, 0.15) is 11.7 Å². The fraction of sp³-hybridized carbons (Fsp3) is 0.364. The first kappa shape index (κ1) is 21.2. The molecule has 172 valence electrons. The molecule has 5 rings (SSSR count). The van der Waals surface area contributed by atoms with E-state index in [4.69, 9.17) is 0 Å². The minimum atomic E-state index is -4.40. The summed E-state index contributed by atoms with van der Waals surface area (Å²) in [5.74, 6) is -0.139. The van der Waals surface area contributed by atoms with Gasteiger partial charge < -0.3 is 15.2 Å². The normalized spacial score (nSPS) is 15.8.